The molecule has 0 bridgehead atoms. The van der Waals surface area contributed by atoms with E-state index < -0.39 is 17.9 Å². The van der Waals surface area contributed by atoms with E-state index in [4.69, 9.17) is 9.84 Å². The van der Waals surface area contributed by atoms with Crippen molar-refractivity contribution in [2.24, 2.45) is 5.92 Å². The third kappa shape index (κ3) is 4.95. The van der Waals surface area contributed by atoms with Crippen molar-refractivity contribution in [3.63, 3.8) is 0 Å². The summed E-state index contributed by atoms with van der Waals surface area (Å²) in [7, 11) is 0. The van der Waals surface area contributed by atoms with Crippen LogP contribution in [0.5, 0.6) is 0 Å². The molecule has 0 spiro atoms. The van der Waals surface area contributed by atoms with Crippen molar-refractivity contribution in [1.82, 2.24) is 4.98 Å². The van der Waals surface area contributed by atoms with Crippen LogP contribution in [-0.4, -0.2) is 35.2 Å². The van der Waals surface area contributed by atoms with Gasteiger partial charge in [0.05, 0.1) is 18.1 Å². The minimum atomic E-state index is -0.813. The second-order valence-electron chi connectivity index (χ2n) is 4.11. The van der Waals surface area contributed by atoms with E-state index >= 15 is 0 Å². The van der Waals surface area contributed by atoms with Crippen molar-refractivity contribution in [3.8, 4) is 0 Å². The Morgan fingerprint density at radius 2 is 2.21 bits per heavy atom. The average molecular weight is 266 g/mol. The Morgan fingerprint density at radius 1 is 1.47 bits per heavy atom. The van der Waals surface area contributed by atoms with E-state index in [2.05, 4.69) is 10.3 Å². The molecule has 0 saturated carbocycles. The van der Waals surface area contributed by atoms with E-state index in [-0.39, 0.29) is 0 Å². The highest BCUT2D eigenvalue weighted by Crippen LogP contribution is 2.08. The zero-order chi connectivity index (χ0) is 14.3. The highest BCUT2D eigenvalue weighted by atomic mass is 16.5. The Morgan fingerprint density at radius 3 is 2.74 bits per heavy atom. The summed E-state index contributed by atoms with van der Waals surface area (Å²) >= 11 is 0. The van der Waals surface area contributed by atoms with Crippen LogP contribution >= 0.6 is 0 Å². The van der Waals surface area contributed by atoms with Gasteiger partial charge in [-0.3, -0.25) is 4.79 Å². The molecule has 1 aromatic heterocycles. The summed E-state index contributed by atoms with van der Waals surface area (Å²) in [6.07, 6.45) is 1.94. The van der Waals surface area contributed by atoms with Crippen LogP contribution in [0.25, 0.3) is 0 Å². The standard InChI is InChI=1S/C13H18N2O4/c1-3-19-13(18)10-4-5-11(15-8-10)14-7-6-9(2)12(16)17/h4-5,8-9H,3,6-7H2,1-2H3,(H,14,15)(H,16,17). The summed E-state index contributed by atoms with van der Waals surface area (Å²) in [4.78, 5) is 26.1. The van der Waals surface area contributed by atoms with Gasteiger partial charge in [-0.25, -0.2) is 9.78 Å². The Balaban J connectivity index is 2.44. The maximum Gasteiger partial charge on any atom is 0.339 e. The van der Waals surface area contributed by atoms with Crippen LogP contribution in [0.3, 0.4) is 0 Å². The maximum atomic E-state index is 11.4. The van der Waals surface area contributed by atoms with Gasteiger partial charge in [-0.1, -0.05) is 6.92 Å². The molecule has 6 nitrogen and oxygen atoms in total. The molecule has 0 aliphatic carbocycles. The largest absolute Gasteiger partial charge is 0.481 e. The number of carboxylic acid groups (broad SMARTS) is 1. The smallest absolute Gasteiger partial charge is 0.339 e. The molecule has 1 unspecified atom stereocenters. The number of hydrogen-bond donors (Lipinski definition) is 2. The van der Waals surface area contributed by atoms with Crippen LogP contribution in [0.2, 0.25) is 0 Å². The van der Waals surface area contributed by atoms with E-state index in [1.807, 2.05) is 0 Å². The molecule has 2 N–H and O–H groups in total. The first-order valence-electron chi connectivity index (χ1n) is 6.14. The second-order valence-corrected chi connectivity index (χ2v) is 4.11. The summed E-state index contributed by atoms with van der Waals surface area (Å²) in [6.45, 7) is 4.23. The molecule has 0 aliphatic rings. The lowest BCUT2D eigenvalue weighted by Gasteiger charge is -2.08. The van der Waals surface area contributed by atoms with Crippen LogP contribution in [0.4, 0.5) is 5.82 Å². The van der Waals surface area contributed by atoms with Crippen molar-refractivity contribution in [1.29, 1.82) is 0 Å². The first-order chi connectivity index (χ1) is 9.04. The first kappa shape index (κ1) is 14.9. The van der Waals surface area contributed by atoms with Crippen molar-refractivity contribution in [2.75, 3.05) is 18.5 Å². The number of carboxylic acids is 1. The number of rotatable bonds is 7. The third-order valence-corrected chi connectivity index (χ3v) is 2.58. The monoisotopic (exact) mass is 266 g/mol. The molecule has 104 valence electrons. The summed E-state index contributed by atoms with van der Waals surface area (Å²) < 4.78 is 4.84. The summed E-state index contributed by atoms with van der Waals surface area (Å²) in [6, 6.07) is 3.28. The molecule has 0 fully saturated rings. The van der Waals surface area contributed by atoms with Crippen molar-refractivity contribution < 1.29 is 19.4 Å². The number of nitrogens with zero attached hydrogens (tertiary/aromatic N) is 1. The highest BCUT2D eigenvalue weighted by molar-refractivity contribution is 5.89. The molecule has 0 amide bonds. The van der Waals surface area contributed by atoms with Gasteiger partial charge in [-0.05, 0) is 25.5 Å². The van der Waals surface area contributed by atoms with E-state index in [1.54, 1.807) is 26.0 Å². The number of pyridine rings is 1. The normalized spacial score (nSPS) is 11.7. The van der Waals surface area contributed by atoms with Crippen LogP contribution in [0.15, 0.2) is 18.3 Å². The maximum absolute atomic E-state index is 11.4. The number of aromatic nitrogens is 1. The fraction of sp³-hybridized carbons (Fsp3) is 0.462. The van der Waals surface area contributed by atoms with Gasteiger partial charge in [-0.2, -0.15) is 0 Å². The predicted octanol–water partition coefficient (Wildman–Crippen LogP) is 1.78. The average Bonchev–Trinajstić information content (AvgIpc) is 2.39. The van der Waals surface area contributed by atoms with Crippen LogP contribution in [-0.2, 0) is 9.53 Å². The Bertz CT molecular complexity index is 431. The SMILES string of the molecule is CCOC(=O)c1ccc(NCCC(C)C(=O)O)nc1. The van der Waals surface area contributed by atoms with Gasteiger partial charge in [-0.15, -0.1) is 0 Å². The lowest BCUT2D eigenvalue weighted by molar-refractivity contribution is -0.141. The van der Waals surface area contributed by atoms with Crippen LogP contribution < -0.4 is 5.32 Å². The van der Waals surface area contributed by atoms with E-state index in [0.29, 0.717) is 31.0 Å². The van der Waals surface area contributed by atoms with Gasteiger partial charge in [0, 0.05) is 12.7 Å². The van der Waals surface area contributed by atoms with Gasteiger partial charge in [0.25, 0.3) is 0 Å². The molecule has 6 heteroatoms. The molecular weight excluding hydrogens is 248 g/mol. The van der Waals surface area contributed by atoms with Gasteiger partial charge in [0.2, 0.25) is 0 Å². The zero-order valence-corrected chi connectivity index (χ0v) is 11.0. The minimum absolute atomic E-state index is 0.325. The minimum Gasteiger partial charge on any atom is -0.481 e. The number of hydrogen-bond acceptors (Lipinski definition) is 5. The molecule has 1 aromatic rings. The molecule has 1 rings (SSSR count). The first-order valence-corrected chi connectivity index (χ1v) is 6.14. The summed E-state index contributed by atoms with van der Waals surface area (Å²) in [5, 5.41) is 11.7. The molecule has 1 heterocycles. The fourth-order valence-electron chi connectivity index (χ4n) is 1.37. The van der Waals surface area contributed by atoms with Gasteiger partial charge in [0.15, 0.2) is 0 Å². The van der Waals surface area contributed by atoms with Gasteiger partial charge < -0.3 is 15.2 Å². The highest BCUT2D eigenvalue weighted by Gasteiger charge is 2.10. The number of aliphatic carboxylic acids is 1. The molecule has 0 radical (unpaired) electrons. The molecule has 0 saturated heterocycles. The van der Waals surface area contributed by atoms with E-state index in [9.17, 15) is 9.59 Å². The molecule has 0 aliphatic heterocycles. The zero-order valence-electron chi connectivity index (χ0n) is 11.0. The van der Waals surface area contributed by atoms with Crippen LogP contribution in [0.1, 0.15) is 30.6 Å². The summed E-state index contributed by atoms with van der Waals surface area (Å²) in [5.74, 6) is -1.01. The molecule has 19 heavy (non-hydrogen) atoms. The van der Waals surface area contributed by atoms with E-state index in [1.165, 1.54) is 6.20 Å². The third-order valence-electron chi connectivity index (χ3n) is 2.58. The molecule has 1 atom stereocenters. The molecule has 0 aromatic carbocycles. The van der Waals surface area contributed by atoms with Crippen molar-refractivity contribution in [3.05, 3.63) is 23.9 Å². The fourth-order valence-corrected chi connectivity index (χ4v) is 1.37. The Labute approximate surface area is 111 Å². The van der Waals surface area contributed by atoms with Gasteiger partial charge in [0.1, 0.15) is 5.82 Å². The second kappa shape index (κ2) is 7.35. The topological polar surface area (TPSA) is 88.5 Å². The van der Waals surface area contributed by atoms with Crippen molar-refractivity contribution in [2.45, 2.75) is 20.3 Å². The predicted molar refractivity (Wildman–Crippen MR) is 70.1 cm³/mol. The number of nitrogens with one attached hydrogen (secondary N) is 1. The van der Waals surface area contributed by atoms with Crippen LogP contribution in [0, 0.1) is 5.92 Å². The summed E-state index contributed by atoms with van der Waals surface area (Å²) in [5.41, 5.74) is 0.395. The number of ether oxygens (including phenoxy) is 1. The van der Waals surface area contributed by atoms with E-state index in [0.717, 1.165) is 0 Å². The Kier molecular flexibility index (Phi) is 5.78. The molecular formula is C13H18N2O4. The number of esters is 1. The lowest BCUT2D eigenvalue weighted by Crippen LogP contribution is -2.15. The quantitative estimate of drug-likeness (QED) is 0.731. The number of carbonyl (C=O) groups excluding carboxylic acids is 1. The van der Waals surface area contributed by atoms with Crippen molar-refractivity contribution >= 4 is 17.8 Å². The Hall–Kier alpha value is -2.11. The number of anilines is 1. The lowest BCUT2D eigenvalue weighted by atomic mass is 10.1. The number of carbonyl (C=O) groups is 2. The van der Waals surface area contributed by atoms with Gasteiger partial charge >= 0.3 is 11.9 Å².